The number of rotatable bonds is 4. The summed E-state index contributed by atoms with van der Waals surface area (Å²) in [6, 6.07) is 0.552. The van der Waals surface area contributed by atoms with Gasteiger partial charge in [0.25, 0.3) is 0 Å². The van der Waals surface area contributed by atoms with Crippen LogP contribution in [-0.4, -0.2) is 57.0 Å². The van der Waals surface area contributed by atoms with Crippen molar-refractivity contribution in [3.8, 4) is 11.1 Å². The molecule has 3 aromatic rings. The van der Waals surface area contributed by atoms with E-state index in [-0.39, 0.29) is 0 Å². The Hall–Kier alpha value is -2.65. The number of anilines is 1. The maximum Gasteiger partial charge on any atom is 0.187 e. The molecular formula is C19H22N8S. The summed E-state index contributed by atoms with van der Waals surface area (Å²) in [6.45, 7) is 2.16. The predicted octanol–water partition coefficient (Wildman–Crippen LogP) is 2.58. The highest BCUT2D eigenvalue weighted by Crippen LogP contribution is 2.38. The second-order valence-electron chi connectivity index (χ2n) is 7.18. The monoisotopic (exact) mass is 394 g/mol. The number of aliphatic imine (C=N–C) groups is 1. The van der Waals surface area contributed by atoms with E-state index in [0.29, 0.717) is 11.9 Å². The molecule has 5 heterocycles. The first-order valence-corrected chi connectivity index (χ1v) is 10.4. The van der Waals surface area contributed by atoms with Crippen molar-refractivity contribution in [3.63, 3.8) is 0 Å². The summed E-state index contributed by atoms with van der Waals surface area (Å²) in [5, 5.41) is 12.3. The van der Waals surface area contributed by atoms with Gasteiger partial charge < -0.3 is 10.2 Å². The zero-order valence-corrected chi connectivity index (χ0v) is 16.5. The van der Waals surface area contributed by atoms with Crippen LogP contribution >= 0.6 is 11.3 Å². The van der Waals surface area contributed by atoms with E-state index in [4.69, 9.17) is 9.98 Å². The maximum atomic E-state index is 4.87. The Balaban J connectivity index is 1.37. The molecule has 2 aliphatic heterocycles. The number of H-pyrrole nitrogens is 1. The van der Waals surface area contributed by atoms with Gasteiger partial charge in [-0.15, -0.1) is 0 Å². The fourth-order valence-corrected chi connectivity index (χ4v) is 4.74. The van der Waals surface area contributed by atoms with Crippen molar-refractivity contribution in [2.45, 2.75) is 31.7 Å². The summed E-state index contributed by atoms with van der Waals surface area (Å²) in [4.78, 5) is 21.1. The first-order valence-electron chi connectivity index (χ1n) is 9.60. The molecule has 0 bridgehead atoms. The Morgan fingerprint density at radius 3 is 2.64 bits per heavy atom. The van der Waals surface area contributed by atoms with Crippen molar-refractivity contribution < 1.29 is 0 Å². The van der Waals surface area contributed by atoms with Gasteiger partial charge in [-0.1, -0.05) is 11.3 Å². The molecule has 0 spiro atoms. The van der Waals surface area contributed by atoms with E-state index in [9.17, 15) is 0 Å². The molecule has 2 N–H and O–H groups in total. The fraction of sp³-hybridized carbons (Fsp3) is 0.421. The third-order valence-electron chi connectivity index (χ3n) is 5.40. The molecule has 0 radical (unpaired) electrons. The molecule has 28 heavy (non-hydrogen) atoms. The molecule has 144 valence electrons. The van der Waals surface area contributed by atoms with Gasteiger partial charge in [-0.05, 0) is 38.8 Å². The second kappa shape index (κ2) is 7.40. The highest BCUT2D eigenvalue weighted by atomic mass is 32.1. The minimum Gasteiger partial charge on any atom is -0.348 e. The zero-order chi connectivity index (χ0) is 18.9. The van der Waals surface area contributed by atoms with Crippen LogP contribution in [0.4, 0.5) is 10.1 Å². The molecule has 1 saturated heterocycles. The predicted molar refractivity (Wildman–Crippen MR) is 111 cm³/mol. The van der Waals surface area contributed by atoms with Crippen LogP contribution in [0.25, 0.3) is 11.1 Å². The maximum absolute atomic E-state index is 4.87. The highest BCUT2D eigenvalue weighted by molar-refractivity contribution is 7.19. The van der Waals surface area contributed by atoms with Crippen molar-refractivity contribution in [2.75, 3.05) is 25.0 Å². The normalized spacial score (nSPS) is 17.2. The summed E-state index contributed by atoms with van der Waals surface area (Å²) >= 11 is 1.68. The molecule has 0 amide bonds. The van der Waals surface area contributed by atoms with Crippen LogP contribution < -0.4 is 10.2 Å². The molecule has 5 rings (SSSR count). The highest BCUT2D eigenvalue weighted by Gasteiger charge is 2.24. The number of fused-ring (bicyclic) bond motifs is 1. The first-order chi connectivity index (χ1) is 13.8. The van der Waals surface area contributed by atoms with Crippen LogP contribution in [0.5, 0.6) is 0 Å². The molecular weight excluding hydrogens is 372 g/mol. The molecule has 8 nitrogen and oxygen atoms in total. The summed E-state index contributed by atoms with van der Waals surface area (Å²) in [5.74, 6) is 0.694. The Morgan fingerprint density at radius 2 is 1.89 bits per heavy atom. The van der Waals surface area contributed by atoms with Crippen molar-refractivity contribution in [1.29, 1.82) is 0 Å². The van der Waals surface area contributed by atoms with E-state index < -0.39 is 0 Å². The summed E-state index contributed by atoms with van der Waals surface area (Å²) in [7, 11) is 2.16. The lowest BCUT2D eigenvalue weighted by molar-refractivity contribution is 0.443. The van der Waals surface area contributed by atoms with Gasteiger partial charge in [0.15, 0.2) is 11.0 Å². The number of piperidine rings is 1. The molecule has 9 heteroatoms. The lowest BCUT2D eigenvalue weighted by Crippen LogP contribution is -2.41. The van der Waals surface area contributed by atoms with E-state index >= 15 is 0 Å². The molecule has 0 atom stereocenters. The number of hydrogen-bond acceptors (Lipinski definition) is 8. The van der Waals surface area contributed by atoms with Gasteiger partial charge >= 0.3 is 0 Å². The van der Waals surface area contributed by atoms with Gasteiger partial charge in [0, 0.05) is 42.8 Å². The number of aromatic nitrogens is 5. The largest absolute Gasteiger partial charge is 0.348 e. The Morgan fingerprint density at radius 1 is 1.07 bits per heavy atom. The number of nitrogens with zero attached hydrogens (tertiary/aromatic N) is 6. The summed E-state index contributed by atoms with van der Waals surface area (Å²) in [5.41, 5.74) is 3.95. The lowest BCUT2D eigenvalue weighted by Gasteiger charge is -2.31. The molecule has 0 aromatic carbocycles. The zero-order valence-electron chi connectivity index (χ0n) is 15.7. The second-order valence-corrected chi connectivity index (χ2v) is 8.14. The van der Waals surface area contributed by atoms with Crippen LogP contribution in [0.1, 0.15) is 30.8 Å². The van der Waals surface area contributed by atoms with Gasteiger partial charge in [0.05, 0.1) is 17.6 Å². The van der Waals surface area contributed by atoms with Crippen LogP contribution in [0.15, 0.2) is 29.8 Å². The molecule has 0 unspecified atom stereocenters. The van der Waals surface area contributed by atoms with Gasteiger partial charge in [0.2, 0.25) is 0 Å². The SMILES string of the molecule is CN(c1nc2c(s1)N=C(c1ncc(-c3cn[nH]c3)cn1)CC2)C1CCNCC1. The van der Waals surface area contributed by atoms with E-state index in [1.807, 2.05) is 18.6 Å². The molecule has 3 aromatic heterocycles. The number of aryl methyl sites for hydroxylation is 1. The van der Waals surface area contributed by atoms with E-state index in [2.05, 4.69) is 37.4 Å². The average Bonchev–Trinajstić information content (AvgIpc) is 3.43. The number of aromatic amines is 1. The molecule has 1 fully saturated rings. The molecule has 2 aliphatic rings. The van der Waals surface area contributed by atoms with Crippen LogP contribution in [0.3, 0.4) is 0 Å². The van der Waals surface area contributed by atoms with Gasteiger partial charge in [-0.3, -0.25) is 5.10 Å². The first kappa shape index (κ1) is 17.4. The van der Waals surface area contributed by atoms with Gasteiger partial charge in [0.1, 0.15) is 5.00 Å². The minimum absolute atomic E-state index is 0.552. The third-order valence-corrected chi connectivity index (χ3v) is 6.48. The number of nitrogens with one attached hydrogen (secondary N) is 2. The topological polar surface area (TPSA) is 95.0 Å². The van der Waals surface area contributed by atoms with Crippen molar-refractivity contribution in [1.82, 2.24) is 30.5 Å². The van der Waals surface area contributed by atoms with E-state index in [1.165, 1.54) is 0 Å². The lowest BCUT2D eigenvalue weighted by atomic mass is 10.1. The Labute approximate surface area is 167 Å². The van der Waals surface area contributed by atoms with Crippen LogP contribution in [0.2, 0.25) is 0 Å². The van der Waals surface area contributed by atoms with Gasteiger partial charge in [-0.2, -0.15) is 5.10 Å². The smallest absolute Gasteiger partial charge is 0.187 e. The van der Waals surface area contributed by atoms with Crippen LogP contribution in [-0.2, 0) is 6.42 Å². The number of hydrogen-bond donors (Lipinski definition) is 2. The molecule has 0 aliphatic carbocycles. The van der Waals surface area contributed by atoms with Crippen molar-refractivity contribution >= 4 is 27.2 Å². The summed E-state index contributed by atoms with van der Waals surface area (Å²) in [6.07, 6.45) is 11.3. The standard InChI is InChI=1S/C19H22N8S/c1-27(14-4-6-20-7-5-14)19-26-16-3-2-15(25-18(16)28-19)17-21-8-12(9-22-17)13-10-23-24-11-13/h8-11,14,20H,2-7H2,1H3,(H,23,24). The summed E-state index contributed by atoms with van der Waals surface area (Å²) < 4.78 is 0. The van der Waals surface area contributed by atoms with Gasteiger partial charge in [-0.25, -0.2) is 19.9 Å². The molecule has 0 saturated carbocycles. The van der Waals surface area contributed by atoms with E-state index in [1.54, 1.807) is 17.5 Å². The number of thiazole rings is 1. The minimum atomic E-state index is 0.552. The third kappa shape index (κ3) is 3.31. The fourth-order valence-electron chi connectivity index (χ4n) is 3.69. The van der Waals surface area contributed by atoms with Crippen molar-refractivity contribution in [2.24, 2.45) is 4.99 Å². The van der Waals surface area contributed by atoms with Crippen LogP contribution in [0, 0.1) is 0 Å². The average molecular weight is 395 g/mol. The van der Waals surface area contributed by atoms with Crippen molar-refractivity contribution in [3.05, 3.63) is 36.3 Å². The quantitative estimate of drug-likeness (QED) is 0.706. The Kier molecular flexibility index (Phi) is 4.61. The van der Waals surface area contributed by atoms with E-state index in [0.717, 1.165) is 71.4 Å². The Bertz CT molecular complexity index is 970.